The second-order valence-electron chi connectivity index (χ2n) is 7.14. The van der Waals surface area contributed by atoms with E-state index < -0.39 is 0 Å². The molecule has 2 aromatic rings. The number of aromatic nitrogens is 1. The number of hydrogen-bond acceptors (Lipinski definition) is 3. The van der Waals surface area contributed by atoms with Crippen LogP contribution >= 0.6 is 11.8 Å². The molecule has 0 bridgehead atoms. The second-order valence-corrected chi connectivity index (χ2v) is 8.16. The van der Waals surface area contributed by atoms with Crippen molar-refractivity contribution < 1.29 is 4.79 Å². The summed E-state index contributed by atoms with van der Waals surface area (Å²) in [7, 11) is 0. The van der Waals surface area contributed by atoms with Crippen molar-refractivity contribution in [1.29, 1.82) is 0 Å². The van der Waals surface area contributed by atoms with E-state index in [-0.39, 0.29) is 11.5 Å². The third-order valence-corrected chi connectivity index (χ3v) is 5.91. The Labute approximate surface area is 153 Å². The van der Waals surface area contributed by atoms with E-state index in [0.717, 1.165) is 28.9 Å². The number of nitrogens with zero attached hydrogens (tertiary/aromatic N) is 2. The number of amides is 1. The minimum atomic E-state index is -0.00336. The molecule has 1 fully saturated rings. The highest BCUT2D eigenvalue weighted by Gasteiger charge is 2.25. The van der Waals surface area contributed by atoms with Crippen LogP contribution in [0.5, 0.6) is 0 Å². The van der Waals surface area contributed by atoms with Crippen LogP contribution < -0.4 is 5.56 Å². The Morgan fingerprint density at radius 1 is 1.20 bits per heavy atom. The maximum Gasteiger partial charge on any atom is 0.252 e. The quantitative estimate of drug-likeness (QED) is 0.784. The summed E-state index contributed by atoms with van der Waals surface area (Å²) >= 11 is 1.48. The van der Waals surface area contributed by atoms with E-state index in [9.17, 15) is 9.59 Å². The van der Waals surface area contributed by atoms with Crippen molar-refractivity contribution in [1.82, 2.24) is 9.47 Å². The summed E-state index contributed by atoms with van der Waals surface area (Å²) in [5.41, 5.74) is 0.934. The number of thioether (sulfide) groups is 1. The van der Waals surface area contributed by atoms with E-state index in [4.69, 9.17) is 0 Å². The second kappa shape index (κ2) is 7.65. The van der Waals surface area contributed by atoms with E-state index in [1.807, 2.05) is 36.1 Å². The van der Waals surface area contributed by atoms with Gasteiger partial charge in [0.1, 0.15) is 0 Å². The maximum absolute atomic E-state index is 12.6. The zero-order valence-electron chi connectivity index (χ0n) is 15.2. The van der Waals surface area contributed by atoms with Crippen molar-refractivity contribution in [3.05, 3.63) is 40.7 Å². The van der Waals surface area contributed by atoms with E-state index in [1.54, 1.807) is 10.6 Å². The lowest BCUT2D eigenvalue weighted by Gasteiger charge is -2.35. The summed E-state index contributed by atoms with van der Waals surface area (Å²) in [6.45, 7) is 8.74. The molecule has 25 heavy (non-hydrogen) atoms. The zero-order chi connectivity index (χ0) is 18.0. The number of carbonyl (C=O) groups excluding carboxylic acids is 1. The normalized spacial score (nSPS) is 20.8. The number of fused-ring (bicyclic) bond motifs is 1. The molecule has 1 aliphatic heterocycles. The largest absolute Gasteiger partial charge is 0.341 e. The van der Waals surface area contributed by atoms with E-state index in [0.29, 0.717) is 24.1 Å². The molecule has 5 heteroatoms. The first-order chi connectivity index (χ1) is 12.0. The average molecular weight is 359 g/mol. The van der Waals surface area contributed by atoms with Crippen molar-refractivity contribution in [2.45, 2.75) is 38.6 Å². The summed E-state index contributed by atoms with van der Waals surface area (Å²) in [6.07, 6.45) is 1.19. The first-order valence-corrected chi connectivity index (χ1v) is 10.0. The summed E-state index contributed by atoms with van der Waals surface area (Å²) in [6, 6.07) is 9.60. The number of likely N-dealkylation sites (tertiary alicyclic amines) is 1. The maximum atomic E-state index is 12.6. The fourth-order valence-electron chi connectivity index (χ4n) is 3.85. The molecule has 0 N–H and O–H groups in total. The summed E-state index contributed by atoms with van der Waals surface area (Å²) in [5, 5.41) is 1.04. The lowest BCUT2D eigenvalue weighted by molar-refractivity contribution is -0.130. The Hall–Kier alpha value is -1.75. The monoisotopic (exact) mass is 358 g/mol. The van der Waals surface area contributed by atoms with Crippen molar-refractivity contribution in [3.8, 4) is 0 Å². The van der Waals surface area contributed by atoms with Gasteiger partial charge in [0.25, 0.3) is 5.56 Å². The number of pyridine rings is 1. The first kappa shape index (κ1) is 18.1. The standard InChI is InChI=1S/C20H26N2O2S/c1-4-22-17-8-6-5-7-16(17)18(10-19(22)23)25-13-20(24)21-11-14(2)9-15(3)12-21/h5-8,10,14-15H,4,9,11-13H2,1-3H3/t14-,15-/m1/s1. The number of hydrogen-bond donors (Lipinski definition) is 0. The van der Waals surface area contributed by atoms with Crippen LogP contribution in [0.1, 0.15) is 27.2 Å². The Balaban J connectivity index is 1.80. The predicted molar refractivity (Wildman–Crippen MR) is 104 cm³/mol. The molecule has 0 aliphatic carbocycles. The van der Waals surface area contributed by atoms with Gasteiger partial charge in [-0.2, -0.15) is 0 Å². The van der Waals surface area contributed by atoms with Crippen molar-refractivity contribution in [2.24, 2.45) is 11.8 Å². The lowest BCUT2D eigenvalue weighted by Crippen LogP contribution is -2.43. The van der Waals surface area contributed by atoms with E-state index in [1.165, 1.54) is 18.2 Å². The zero-order valence-corrected chi connectivity index (χ0v) is 16.0. The highest BCUT2D eigenvalue weighted by Crippen LogP contribution is 2.28. The van der Waals surface area contributed by atoms with Gasteiger partial charge < -0.3 is 9.47 Å². The van der Waals surface area contributed by atoms with Crippen LogP contribution in [0.15, 0.2) is 40.0 Å². The highest BCUT2D eigenvalue weighted by atomic mass is 32.2. The topological polar surface area (TPSA) is 42.3 Å². The first-order valence-electron chi connectivity index (χ1n) is 9.02. The number of rotatable bonds is 4. The van der Waals surface area contributed by atoms with Crippen LogP contribution in [0.3, 0.4) is 0 Å². The molecule has 0 unspecified atom stereocenters. The number of piperidine rings is 1. The number of aryl methyl sites for hydroxylation is 1. The molecule has 2 atom stereocenters. The molecule has 1 aliphatic rings. The molecule has 1 amide bonds. The van der Waals surface area contributed by atoms with Crippen LogP contribution in [-0.2, 0) is 11.3 Å². The molecule has 1 saturated heterocycles. The van der Waals surface area contributed by atoms with Crippen LogP contribution in [-0.4, -0.2) is 34.2 Å². The Morgan fingerprint density at radius 2 is 1.88 bits per heavy atom. The average Bonchev–Trinajstić information content (AvgIpc) is 2.58. The lowest BCUT2D eigenvalue weighted by atomic mass is 9.92. The fourth-order valence-corrected chi connectivity index (χ4v) is 4.82. The third-order valence-electron chi connectivity index (χ3n) is 4.87. The van der Waals surface area contributed by atoms with E-state index >= 15 is 0 Å². The van der Waals surface area contributed by atoms with Crippen LogP contribution in [0.25, 0.3) is 10.9 Å². The van der Waals surface area contributed by atoms with Gasteiger partial charge >= 0.3 is 0 Å². The highest BCUT2D eigenvalue weighted by molar-refractivity contribution is 8.00. The number of carbonyl (C=O) groups is 1. The van der Waals surface area contributed by atoms with Gasteiger partial charge in [0.15, 0.2) is 0 Å². The molecule has 4 nitrogen and oxygen atoms in total. The van der Waals surface area contributed by atoms with Gasteiger partial charge in [0.05, 0.1) is 11.3 Å². The molecular weight excluding hydrogens is 332 g/mol. The number of benzene rings is 1. The minimum absolute atomic E-state index is 0.00336. The van der Waals surface area contributed by atoms with Gasteiger partial charge in [0, 0.05) is 36.0 Å². The predicted octanol–water partition coefficient (Wildman–Crippen LogP) is 3.62. The van der Waals surface area contributed by atoms with Crippen LogP contribution in [0.2, 0.25) is 0 Å². The third kappa shape index (κ3) is 3.92. The smallest absolute Gasteiger partial charge is 0.252 e. The summed E-state index contributed by atoms with van der Waals surface area (Å²) in [5.74, 6) is 1.69. The van der Waals surface area contributed by atoms with Gasteiger partial charge in [-0.15, -0.1) is 11.8 Å². The van der Waals surface area contributed by atoms with Gasteiger partial charge in [-0.25, -0.2) is 0 Å². The Kier molecular flexibility index (Phi) is 5.52. The summed E-state index contributed by atoms with van der Waals surface area (Å²) in [4.78, 5) is 27.9. The van der Waals surface area contributed by atoms with Gasteiger partial charge in [0.2, 0.25) is 5.91 Å². The number of para-hydroxylation sites is 1. The van der Waals surface area contributed by atoms with Crippen molar-refractivity contribution in [3.63, 3.8) is 0 Å². The van der Waals surface area contributed by atoms with Gasteiger partial charge in [-0.05, 0) is 31.2 Å². The Bertz CT molecular complexity index is 820. The van der Waals surface area contributed by atoms with Crippen molar-refractivity contribution >= 4 is 28.6 Å². The molecule has 3 rings (SSSR count). The van der Waals surface area contributed by atoms with Gasteiger partial charge in [-0.1, -0.05) is 32.0 Å². The minimum Gasteiger partial charge on any atom is -0.341 e. The van der Waals surface area contributed by atoms with Crippen molar-refractivity contribution in [2.75, 3.05) is 18.8 Å². The molecule has 0 radical (unpaired) electrons. The molecule has 1 aromatic heterocycles. The molecule has 0 saturated carbocycles. The summed E-state index contributed by atoms with van der Waals surface area (Å²) < 4.78 is 1.77. The van der Waals surface area contributed by atoms with Crippen LogP contribution in [0, 0.1) is 11.8 Å². The van der Waals surface area contributed by atoms with E-state index in [2.05, 4.69) is 13.8 Å². The van der Waals surface area contributed by atoms with Crippen LogP contribution in [0.4, 0.5) is 0 Å². The SMILES string of the molecule is CCn1c(=O)cc(SCC(=O)N2C[C@H](C)C[C@@H](C)C2)c2ccccc21. The van der Waals surface area contributed by atoms with Gasteiger partial charge in [-0.3, -0.25) is 9.59 Å². The molecule has 134 valence electrons. The molecule has 2 heterocycles. The molecular formula is C20H26N2O2S. The molecule has 0 spiro atoms. The molecule has 1 aromatic carbocycles. The Morgan fingerprint density at radius 3 is 2.56 bits per heavy atom. The fraction of sp³-hybridized carbons (Fsp3) is 0.500.